The number of aromatic nitrogens is 2. The normalized spacial score (nSPS) is 10.2. The Bertz CT molecular complexity index is 789. The van der Waals surface area contributed by atoms with Crippen LogP contribution in [0.2, 0.25) is 0 Å². The fourth-order valence-corrected chi connectivity index (χ4v) is 2.40. The smallest absolute Gasteiger partial charge is 0.270 e. The van der Waals surface area contributed by atoms with Crippen LogP contribution in [0.5, 0.6) is 0 Å². The molecule has 0 atom stereocenters. The lowest BCUT2D eigenvalue weighted by atomic mass is 10.1. The molecule has 1 aromatic carbocycles. The molecule has 0 saturated carbocycles. The highest BCUT2D eigenvalue weighted by molar-refractivity contribution is 5.92. The van der Waals surface area contributed by atoms with Crippen molar-refractivity contribution in [3.63, 3.8) is 0 Å². The van der Waals surface area contributed by atoms with Gasteiger partial charge < -0.3 is 10.6 Å². The van der Waals surface area contributed by atoms with Gasteiger partial charge in [-0.2, -0.15) is 0 Å². The Hall–Kier alpha value is -3.21. The molecule has 0 bridgehead atoms. The van der Waals surface area contributed by atoms with Crippen LogP contribution in [0, 0.1) is 0 Å². The highest BCUT2D eigenvalue weighted by Crippen LogP contribution is 2.07. The molecule has 2 aromatic heterocycles. The van der Waals surface area contributed by atoms with E-state index < -0.39 is 0 Å². The number of nitrogens with zero attached hydrogens (tertiary/aromatic N) is 2. The maximum absolute atomic E-state index is 12.1. The van der Waals surface area contributed by atoms with Crippen molar-refractivity contribution >= 4 is 11.6 Å². The third-order valence-corrected chi connectivity index (χ3v) is 3.76. The molecule has 0 aliphatic rings. The molecule has 0 spiro atoms. The van der Waals surface area contributed by atoms with Gasteiger partial charge in [-0.25, -0.2) is 4.98 Å². The molecule has 0 radical (unpaired) electrons. The Morgan fingerprint density at radius 3 is 2.48 bits per heavy atom. The summed E-state index contributed by atoms with van der Waals surface area (Å²) in [5, 5.41) is 6.15. The Morgan fingerprint density at radius 2 is 1.76 bits per heavy atom. The average molecular weight is 332 g/mol. The molecule has 0 unspecified atom stereocenters. The summed E-state index contributed by atoms with van der Waals surface area (Å²) in [6, 6.07) is 17.7. The maximum Gasteiger partial charge on any atom is 0.270 e. The van der Waals surface area contributed by atoms with Crippen LogP contribution in [-0.4, -0.2) is 22.4 Å². The molecule has 0 fully saturated rings. The minimum Gasteiger partial charge on any atom is -0.383 e. The first-order chi connectivity index (χ1) is 12.3. The van der Waals surface area contributed by atoms with Crippen molar-refractivity contribution in [1.29, 1.82) is 0 Å². The Kier molecular flexibility index (Phi) is 5.72. The number of carbonyl (C=O) groups is 1. The number of pyridine rings is 2. The van der Waals surface area contributed by atoms with Gasteiger partial charge in [-0.15, -0.1) is 0 Å². The van der Waals surface area contributed by atoms with Crippen LogP contribution in [0.15, 0.2) is 73.2 Å². The second-order valence-corrected chi connectivity index (χ2v) is 5.64. The summed E-state index contributed by atoms with van der Waals surface area (Å²) >= 11 is 0. The Morgan fingerprint density at radius 1 is 0.920 bits per heavy atom. The molecule has 5 nitrogen and oxygen atoms in total. The summed E-state index contributed by atoms with van der Waals surface area (Å²) in [5.74, 6) is -0.195. The number of carbonyl (C=O) groups excluding carboxylic acids is 1. The summed E-state index contributed by atoms with van der Waals surface area (Å²) in [4.78, 5) is 20.4. The fourth-order valence-electron chi connectivity index (χ4n) is 2.40. The predicted molar refractivity (Wildman–Crippen MR) is 98.3 cm³/mol. The Balaban J connectivity index is 1.47. The molecule has 3 rings (SSSR count). The van der Waals surface area contributed by atoms with Crippen molar-refractivity contribution < 1.29 is 4.79 Å². The zero-order chi connectivity index (χ0) is 17.3. The number of amides is 1. The first-order valence-electron chi connectivity index (χ1n) is 8.22. The van der Waals surface area contributed by atoms with E-state index in [0.29, 0.717) is 12.2 Å². The number of benzene rings is 1. The molecule has 0 aliphatic carbocycles. The monoisotopic (exact) mass is 332 g/mol. The van der Waals surface area contributed by atoms with Crippen molar-refractivity contribution in [3.05, 3.63) is 90.0 Å². The summed E-state index contributed by atoms with van der Waals surface area (Å²) < 4.78 is 0. The lowest BCUT2D eigenvalue weighted by Gasteiger charge is -2.08. The predicted octanol–water partition coefficient (Wildman–Crippen LogP) is 3.06. The topological polar surface area (TPSA) is 66.9 Å². The zero-order valence-electron chi connectivity index (χ0n) is 13.9. The second-order valence-electron chi connectivity index (χ2n) is 5.64. The van der Waals surface area contributed by atoms with Gasteiger partial charge in [-0.3, -0.25) is 9.78 Å². The summed E-state index contributed by atoms with van der Waals surface area (Å²) in [7, 11) is 0. The van der Waals surface area contributed by atoms with E-state index >= 15 is 0 Å². The molecule has 0 aliphatic heterocycles. The first kappa shape index (κ1) is 16.6. The summed E-state index contributed by atoms with van der Waals surface area (Å²) in [5.41, 5.74) is 3.54. The summed E-state index contributed by atoms with van der Waals surface area (Å²) in [6.45, 7) is 1.25. The van der Waals surface area contributed by atoms with Gasteiger partial charge in [0.2, 0.25) is 0 Å². The van der Waals surface area contributed by atoms with E-state index in [9.17, 15) is 4.79 Å². The van der Waals surface area contributed by atoms with E-state index in [1.807, 2.05) is 36.4 Å². The van der Waals surface area contributed by atoms with Crippen LogP contribution in [0.3, 0.4) is 0 Å². The minimum atomic E-state index is -0.195. The van der Waals surface area contributed by atoms with Crippen LogP contribution in [-0.2, 0) is 13.0 Å². The van der Waals surface area contributed by atoms with Gasteiger partial charge in [-0.1, -0.05) is 36.4 Å². The standard InChI is InChI=1S/C20H20N4O/c25-20(24-14-17-7-4-11-21-13-17)19-9-8-18(15-23-19)22-12-10-16-5-2-1-3-6-16/h1-9,11,13,15,22H,10,12,14H2,(H,24,25). The van der Waals surface area contributed by atoms with E-state index in [2.05, 4.69) is 32.7 Å². The summed E-state index contributed by atoms with van der Waals surface area (Å²) in [6.07, 6.45) is 6.06. The fraction of sp³-hybridized carbons (Fsp3) is 0.150. The van der Waals surface area contributed by atoms with Crippen molar-refractivity contribution in [2.75, 3.05) is 11.9 Å². The van der Waals surface area contributed by atoms with Crippen molar-refractivity contribution in [3.8, 4) is 0 Å². The van der Waals surface area contributed by atoms with Crippen LogP contribution in [0.25, 0.3) is 0 Å². The van der Waals surface area contributed by atoms with E-state index in [1.165, 1.54) is 5.56 Å². The van der Waals surface area contributed by atoms with Gasteiger partial charge in [0, 0.05) is 25.5 Å². The van der Waals surface area contributed by atoms with E-state index in [-0.39, 0.29) is 5.91 Å². The number of anilines is 1. The number of rotatable bonds is 7. The molecule has 25 heavy (non-hydrogen) atoms. The van der Waals surface area contributed by atoms with E-state index in [0.717, 1.165) is 24.2 Å². The van der Waals surface area contributed by atoms with Crippen molar-refractivity contribution in [2.45, 2.75) is 13.0 Å². The molecule has 1 amide bonds. The lowest BCUT2D eigenvalue weighted by molar-refractivity contribution is 0.0946. The molecular formula is C20H20N4O. The van der Waals surface area contributed by atoms with E-state index in [4.69, 9.17) is 0 Å². The second kappa shape index (κ2) is 8.59. The van der Waals surface area contributed by atoms with Gasteiger partial charge in [0.15, 0.2) is 0 Å². The molecule has 3 aromatic rings. The molecule has 126 valence electrons. The molecule has 2 heterocycles. The van der Waals surface area contributed by atoms with Gasteiger partial charge in [0.05, 0.1) is 11.9 Å². The number of hydrogen-bond acceptors (Lipinski definition) is 4. The zero-order valence-corrected chi connectivity index (χ0v) is 13.9. The molecular weight excluding hydrogens is 312 g/mol. The quantitative estimate of drug-likeness (QED) is 0.698. The van der Waals surface area contributed by atoms with Crippen LogP contribution < -0.4 is 10.6 Å². The largest absolute Gasteiger partial charge is 0.383 e. The minimum absolute atomic E-state index is 0.195. The van der Waals surface area contributed by atoms with Crippen molar-refractivity contribution in [2.24, 2.45) is 0 Å². The van der Waals surface area contributed by atoms with Crippen molar-refractivity contribution in [1.82, 2.24) is 15.3 Å². The lowest BCUT2D eigenvalue weighted by Crippen LogP contribution is -2.23. The van der Waals surface area contributed by atoms with Gasteiger partial charge in [0.1, 0.15) is 5.69 Å². The Labute approximate surface area is 147 Å². The van der Waals surface area contributed by atoms with Crippen LogP contribution in [0.4, 0.5) is 5.69 Å². The number of hydrogen-bond donors (Lipinski definition) is 2. The molecule has 5 heteroatoms. The van der Waals surface area contributed by atoms with E-state index in [1.54, 1.807) is 24.7 Å². The maximum atomic E-state index is 12.1. The first-order valence-corrected chi connectivity index (χ1v) is 8.22. The number of nitrogens with one attached hydrogen (secondary N) is 2. The van der Waals surface area contributed by atoms with Gasteiger partial charge in [-0.05, 0) is 35.7 Å². The van der Waals surface area contributed by atoms with Crippen LogP contribution >= 0.6 is 0 Å². The average Bonchev–Trinajstić information content (AvgIpc) is 2.68. The highest BCUT2D eigenvalue weighted by atomic mass is 16.1. The van der Waals surface area contributed by atoms with Gasteiger partial charge in [0.25, 0.3) is 5.91 Å². The molecule has 2 N–H and O–H groups in total. The molecule has 0 saturated heterocycles. The highest BCUT2D eigenvalue weighted by Gasteiger charge is 2.06. The third kappa shape index (κ3) is 5.14. The third-order valence-electron chi connectivity index (χ3n) is 3.76. The van der Waals surface area contributed by atoms with Gasteiger partial charge >= 0.3 is 0 Å². The van der Waals surface area contributed by atoms with Crippen LogP contribution in [0.1, 0.15) is 21.6 Å². The SMILES string of the molecule is O=C(NCc1cccnc1)c1ccc(NCCc2ccccc2)cn1.